The van der Waals surface area contributed by atoms with Crippen molar-refractivity contribution < 1.29 is 82.0 Å². The van der Waals surface area contributed by atoms with Crippen molar-refractivity contribution in [2.24, 2.45) is 23.7 Å². The number of aromatic hydroxyl groups is 1. The maximum absolute atomic E-state index is 16.2. The summed E-state index contributed by atoms with van der Waals surface area (Å²) in [4.78, 5) is 106. The topological polar surface area (TPSA) is 286 Å². The highest BCUT2D eigenvalue weighted by atomic mass is 19.1. The predicted octanol–water partition coefficient (Wildman–Crippen LogP) is 5.65. The number of rotatable bonds is 8. The van der Waals surface area contributed by atoms with Gasteiger partial charge in [-0.3, -0.25) is 28.9 Å². The van der Waals surface area contributed by atoms with Crippen LogP contribution in [0.1, 0.15) is 120 Å². The number of hydrogen-bond acceptors (Lipinski definition) is 19. The monoisotopic (exact) mass is 1210 g/mol. The summed E-state index contributed by atoms with van der Waals surface area (Å²) in [7, 11) is 2.84. The summed E-state index contributed by atoms with van der Waals surface area (Å²) in [6.07, 6.45) is 6.33. The van der Waals surface area contributed by atoms with Crippen LogP contribution in [0.4, 0.5) is 14.9 Å². The number of methoxy groups -OCH3 is 2. The number of hydrogen-bond donors (Lipinski definition) is 5. The van der Waals surface area contributed by atoms with Gasteiger partial charge in [0.05, 0.1) is 72.5 Å². The van der Waals surface area contributed by atoms with E-state index in [1.54, 1.807) is 54.2 Å². The summed E-state index contributed by atoms with van der Waals surface area (Å²) in [5, 5.41) is 48.0. The molecule has 87 heavy (non-hydrogen) atoms. The number of anilines is 1. The first kappa shape index (κ1) is 62.4. The molecular formula is C63H77FN6O17. The lowest BCUT2D eigenvalue weighted by Gasteiger charge is -2.44. The fraction of sp³-hybridized carbons (Fsp3) is 0.540. The third kappa shape index (κ3) is 11.5. The number of aliphatic hydroxyl groups is 2. The summed E-state index contributed by atoms with van der Waals surface area (Å²) in [6, 6.07) is 1.13. The van der Waals surface area contributed by atoms with E-state index in [4.69, 9.17) is 28.4 Å². The number of carbonyl (C=O) groups is 6. The van der Waals surface area contributed by atoms with Crippen LogP contribution < -0.4 is 25.1 Å². The number of morpholine rings is 1. The zero-order valence-corrected chi connectivity index (χ0v) is 50.4. The SMILES string of the molecule is COc1c(N2CCN(C3CCN(C(=O)O[C@H]4[C@H](C)[C@H](O)[C@H](C)[C@@H](O)[C@@H](C)C=CC=C(C)C(=O)NC5=C(N6CCOCC6)C(=O)c6c(c(O)c(C)c7c6C(=O)[C@@](C)(OC=C[C@H](OC)[C@H]4C)O7)C5=O)CC3)CC2)c(F)cc2c(=O)c(C(=O)O)cn(C3CC3)c12. The Morgan fingerprint density at radius 2 is 1.48 bits per heavy atom. The van der Waals surface area contributed by atoms with Gasteiger partial charge < -0.3 is 73.4 Å². The number of aromatic carboxylic acids is 1. The molecule has 11 rings (SSSR count). The highest BCUT2D eigenvalue weighted by molar-refractivity contribution is 6.32. The lowest BCUT2D eigenvalue weighted by atomic mass is 9.78. The number of nitrogens with one attached hydrogen (secondary N) is 1. The van der Waals surface area contributed by atoms with Gasteiger partial charge in [0.1, 0.15) is 40.2 Å². The molecule has 3 aromatic rings. The summed E-state index contributed by atoms with van der Waals surface area (Å²) in [5.41, 5.74) is -2.34. The molecule has 468 valence electrons. The molecule has 4 fully saturated rings. The molecule has 2 amide bonds. The summed E-state index contributed by atoms with van der Waals surface area (Å²) in [5.74, 6) is -11.2. The van der Waals surface area contributed by atoms with Gasteiger partial charge >= 0.3 is 17.8 Å². The van der Waals surface area contributed by atoms with Crippen LogP contribution in [0.25, 0.3) is 10.9 Å². The number of ketones is 3. The number of phenols is 1. The van der Waals surface area contributed by atoms with E-state index < -0.39 is 129 Å². The Hall–Kier alpha value is -7.64. The molecule has 2 aromatic carbocycles. The number of amides is 2. The van der Waals surface area contributed by atoms with Gasteiger partial charge in [-0.05, 0) is 51.7 Å². The van der Waals surface area contributed by atoms with Gasteiger partial charge in [0, 0.05) is 119 Å². The number of Topliss-reactive ketones (excluding diaryl/α,β-unsaturated/α-hetero) is 3. The quantitative estimate of drug-likeness (QED) is 0.182. The summed E-state index contributed by atoms with van der Waals surface area (Å²) in [6.45, 7) is 14.4. The predicted molar refractivity (Wildman–Crippen MR) is 314 cm³/mol. The first-order chi connectivity index (χ1) is 41.4. The molecule has 2 aliphatic carbocycles. The Morgan fingerprint density at radius 3 is 2.11 bits per heavy atom. The number of aliphatic hydroxyl groups excluding tert-OH is 2. The van der Waals surface area contributed by atoms with E-state index in [-0.39, 0.29) is 83.4 Å². The third-order valence-corrected chi connectivity index (χ3v) is 18.6. The van der Waals surface area contributed by atoms with Crippen molar-refractivity contribution in [3.8, 4) is 17.2 Å². The molecular weight excluding hydrogens is 1130 g/mol. The average molecular weight is 1210 g/mol. The van der Waals surface area contributed by atoms with Crippen LogP contribution in [0.15, 0.2) is 64.6 Å². The number of piperazine rings is 1. The van der Waals surface area contributed by atoms with Crippen LogP contribution >= 0.6 is 0 Å². The number of aromatic nitrogens is 1. The van der Waals surface area contributed by atoms with Gasteiger partial charge in [0.2, 0.25) is 17.0 Å². The lowest BCUT2D eigenvalue weighted by Crippen LogP contribution is -2.54. The Kier molecular flexibility index (Phi) is 17.8. The second-order valence-corrected chi connectivity index (χ2v) is 24.1. The van der Waals surface area contributed by atoms with Gasteiger partial charge in [0.15, 0.2) is 11.6 Å². The van der Waals surface area contributed by atoms with Crippen LogP contribution in [0.5, 0.6) is 17.2 Å². The molecule has 23 nitrogen and oxygen atoms in total. The number of carboxylic acid groups (broad SMARTS) is 1. The number of ether oxygens (including phenoxy) is 6. The van der Waals surface area contributed by atoms with E-state index in [1.165, 1.54) is 59.6 Å². The van der Waals surface area contributed by atoms with Crippen LogP contribution in [-0.2, 0) is 23.7 Å². The standard InChI is InChI=1S/C63H77FN6O17/c1-31-11-10-12-32(2)60(78)65-46-49(68-24-27-84-28-25-68)55(76)43-44(54(46)75)52(73)36(6)57-45(43)59(77)63(7,87-57)85-26-17-42(82-8)33(3)56(35(5)51(72)34(4)50(31)71)86-62(81)69-18-15-37(16-19-69)66-20-22-67(23-21-66)48-41(64)29-39-47(58(48)83-9)70(38-13-14-38)30-40(53(39)74)61(79)80/h10-12,17,26,29-31,33-35,37-38,42,50-51,56,71-73H,13-16,18-25,27-28H2,1-9H3,(H,65,78)(H,79,80)/t31-,33+,34+,35+,42-,50-,51+,56+,63-/m0/s1. The van der Waals surface area contributed by atoms with Crippen molar-refractivity contribution in [3.63, 3.8) is 0 Å². The Balaban J connectivity index is 0.881. The van der Waals surface area contributed by atoms with Gasteiger partial charge in [0.25, 0.3) is 11.7 Å². The lowest BCUT2D eigenvalue weighted by molar-refractivity contribution is -0.116. The number of piperidine rings is 1. The van der Waals surface area contributed by atoms with Crippen molar-refractivity contribution in [2.75, 3.05) is 84.7 Å². The zero-order valence-electron chi connectivity index (χ0n) is 50.4. The highest BCUT2D eigenvalue weighted by Crippen LogP contribution is 2.50. The second kappa shape index (κ2) is 24.9. The molecule has 6 aliphatic heterocycles. The van der Waals surface area contributed by atoms with Crippen molar-refractivity contribution in [1.82, 2.24) is 24.6 Å². The third-order valence-electron chi connectivity index (χ3n) is 18.6. The summed E-state index contributed by atoms with van der Waals surface area (Å²) >= 11 is 0. The largest absolute Gasteiger partial charge is 0.507 e. The van der Waals surface area contributed by atoms with Gasteiger partial charge in [-0.15, -0.1) is 0 Å². The second-order valence-electron chi connectivity index (χ2n) is 24.1. The van der Waals surface area contributed by atoms with Gasteiger partial charge in [-0.1, -0.05) is 45.9 Å². The minimum Gasteiger partial charge on any atom is -0.507 e. The van der Waals surface area contributed by atoms with Gasteiger partial charge in [-0.25, -0.2) is 14.0 Å². The van der Waals surface area contributed by atoms with E-state index in [9.17, 15) is 54.0 Å². The Morgan fingerprint density at radius 1 is 0.805 bits per heavy atom. The number of halogens is 1. The molecule has 8 aliphatic rings. The number of allylic oxidation sites excluding steroid dienone is 4. The molecule has 5 bridgehead atoms. The molecule has 3 saturated heterocycles. The normalized spacial score (nSPS) is 28.2. The number of likely N-dealkylation sites (tertiary alicyclic amines) is 1. The summed E-state index contributed by atoms with van der Waals surface area (Å²) < 4.78 is 54.0. The van der Waals surface area contributed by atoms with Crippen LogP contribution in [-0.4, -0.2) is 191 Å². The van der Waals surface area contributed by atoms with Crippen molar-refractivity contribution in [1.29, 1.82) is 0 Å². The fourth-order valence-corrected chi connectivity index (χ4v) is 13.2. The minimum atomic E-state index is -2.16. The van der Waals surface area contributed by atoms with Crippen LogP contribution in [0, 0.1) is 36.4 Å². The molecule has 24 heteroatoms. The molecule has 9 atom stereocenters. The number of benzene rings is 2. The molecule has 1 saturated carbocycles. The first-order valence-electron chi connectivity index (χ1n) is 29.7. The van der Waals surface area contributed by atoms with Gasteiger partial charge in [-0.2, -0.15) is 0 Å². The van der Waals surface area contributed by atoms with Crippen molar-refractivity contribution in [3.05, 3.63) is 104 Å². The molecule has 1 aromatic heterocycles. The number of carbonyl (C=O) groups excluding carboxylic acids is 5. The maximum Gasteiger partial charge on any atom is 0.410 e. The molecule has 0 radical (unpaired) electrons. The Labute approximate surface area is 502 Å². The van der Waals surface area contributed by atoms with Crippen LogP contribution in [0.3, 0.4) is 0 Å². The van der Waals surface area contributed by atoms with E-state index in [2.05, 4.69) is 10.2 Å². The smallest absolute Gasteiger partial charge is 0.410 e. The van der Waals surface area contributed by atoms with E-state index in [1.807, 2.05) is 4.90 Å². The molecule has 0 spiro atoms. The van der Waals surface area contributed by atoms with E-state index in [0.29, 0.717) is 57.6 Å². The number of fused-ring (bicyclic) bond motifs is 15. The fourth-order valence-electron chi connectivity index (χ4n) is 13.2. The number of carboxylic acids is 1. The zero-order chi connectivity index (χ0) is 62.7. The van der Waals surface area contributed by atoms with E-state index in [0.717, 1.165) is 18.9 Å². The Bertz CT molecular complexity index is 3480. The molecule has 7 heterocycles. The first-order valence-corrected chi connectivity index (χ1v) is 29.7. The number of pyridine rings is 1. The van der Waals surface area contributed by atoms with E-state index >= 15 is 4.39 Å². The van der Waals surface area contributed by atoms with Crippen molar-refractivity contribution >= 4 is 51.9 Å². The van der Waals surface area contributed by atoms with Crippen molar-refractivity contribution in [2.45, 2.75) is 116 Å². The number of nitrogens with zero attached hydrogens (tertiary/aromatic N) is 5. The highest BCUT2D eigenvalue weighted by Gasteiger charge is 2.53. The minimum absolute atomic E-state index is 0.0302. The average Bonchev–Trinajstić information content (AvgIpc) is 1.77. The molecule has 0 unspecified atom stereocenters. The maximum atomic E-state index is 16.2. The number of phenolic OH excluding ortho intramolecular Hbond substituents is 1. The van der Waals surface area contributed by atoms with Crippen LogP contribution in [0.2, 0.25) is 0 Å². The molecule has 5 N–H and O–H groups in total.